The van der Waals surface area contributed by atoms with Crippen molar-refractivity contribution in [2.75, 3.05) is 13.2 Å². The van der Waals surface area contributed by atoms with E-state index >= 15 is 0 Å². The number of carbonyl (C=O) groups excluding carboxylic acids is 2. The lowest BCUT2D eigenvalue weighted by Gasteiger charge is -2.20. The topological polar surface area (TPSA) is 95.9 Å². The first-order chi connectivity index (χ1) is 37.5. The van der Waals surface area contributed by atoms with Crippen LogP contribution in [0.25, 0.3) is 0 Å². The third kappa shape index (κ3) is 60.8. The van der Waals surface area contributed by atoms with E-state index < -0.39 is 12.1 Å². The van der Waals surface area contributed by atoms with Crippen molar-refractivity contribution in [3.05, 3.63) is 60.8 Å². The van der Waals surface area contributed by atoms with Gasteiger partial charge in [-0.25, -0.2) is 0 Å². The number of aliphatic hydroxyl groups is 2. The van der Waals surface area contributed by atoms with Gasteiger partial charge in [-0.2, -0.15) is 0 Å². The molecule has 0 aromatic carbocycles. The molecule has 0 radical (unpaired) electrons. The molecule has 2 unspecified atom stereocenters. The summed E-state index contributed by atoms with van der Waals surface area (Å²) in [6.07, 6.45) is 85.7. The lowest BCUT2D eigenvalue weighted by atomic mass is 10.0. The molecule has 1 amide bonds. The molecule has 444 valence electrons. The minimum absolute atomic E-state index is 0.00613. The molecule has 0 fully saturated rings. The van der Waals surface area contributed by atoms with E-state index in [0.717, 1.165) is 57.8 Å². The van der Waals surface area contributed by atoms with Crippen molar-refractivity contribution in [3.63, 3.8) is 0 Å². The average molecular weight is 1060 g/mol. The quantitative estimate of drug-likeness (QED) is 0.0320. The minimum Gasteiger partial charge on any atom is -0.466 e. The molecule has 76 heavy (non-hydrogen) atoms. The highest BCUT2D eigenvalue weighted by molar-refractivity contribution is 5.76. The van der Waals surface area contributed by atoms with Gasteiger partial charge in [0, 0.05) is 12.8 Å². The van der Waals surface area contributed by atoms with Crippen LogP contribution in [0.1, 0.15) is 348 Å². The van der Waals surface area contributed by atoms with Gasteiger partial charge in [0.25, 0.3) is 0 Å². The zero-order chi connectivity index (χ0) is 55.0. The summed E-state index contributed by atoms with van der Waals surface area (Å²) in [4.78, 5) is 24.6. The van der Waals surface area contributed by atoms with Crippen LogP contribution in [0.3, 0.4) is 0 Å². The fourth-order valence-electron chi connectivity index (χ4n) is 10.1. The largest absolute Gasteiger partial charge is 0.466 e. The Morgan fingerprint density at radius 3 is 1.03 bits per heavy atom. The third-order valence-electron chi connectivity index (χ3n) is 15.3. The molecule has 0 aromatic heterocycles. The number of rotatable bonds is 62. The molecule has 6 nitrogen and oxygen atoms in total. The molecule has 0 aliphatic carbocycles. The Hall–Kier alpha value is -2.44. The second kappa shape index (κ2) is 65.1. The minimum atomic E-state index is -0.847. The maximum absolute atomic E-state index is 12.5. The molecule has 0 aromatic rings. The van der Waals surface area contributed by atoms with Crippen molar-refractivity contribution < 1.29 is 24.5 Å². The van der Waals surface area contributed by atoms with Gasteiger partial charge in [0.2, 0.25) is 5.91 Å². The van der Waals surface area contributed by atoms with Crippen molar-refractivity contribution in [1.29, 1.82) is 0 Å². The molecule has 0 spiro atoms. The van der Waals surface area contributed by atoms with Crippen LogP contribution in [0, 0.1) is 0 Å². The Morgan fingerprint density at radius 2 is 0.658 bits per heavy atom. The van der Waals surface area contributed by atoms with Gasteiger partial charge in [0.15, 0.2) is 0 Å². The van der Waals surface area contributed by atoms with Gasteiger partial charge in [0.05, 0.1) is 25.4 Å². The van der Waals surface area contributed by atoms with Gasteiger partial charge >= 0.3 is 5.97 Å². The number of esters is 1. The van der Waals surface area contributed by atoms with Crippen LogP contribution >= 0.6 is 0 Å². The van der Waals surface area contributed by atoms with E-state index in [1.807, 2.05) is 6.08 Å². The van der Waals surface area contributed by atoms with Crippen molar-refractivity contribution in [1.82, 2.24) is 5.32 Å². The monoisotopic (exact) mass is 1060 g/mol. The molecule has 0 rings (SSSR count). The molecular weight excluding hydrogens is 935 g/mol. The van der Waals surface area contributed by atoms with Crippen molar-refractivity contribution in [2.45, 2.75) is 360 Å². The number of unbranched alkanes of at least 4 members (excludes halogenated alkanes) is 43. The number of carbonyl (C=O) groups is 2. The van der Waals surface area contributed by atoms with Crippen molar-refractivity contribution in [2.24, 2.45) is 0 Å². The van der Waals surface area contributed by atoms with E-state index in [1.165, 1.54) is 263 Å². The van der Waals surface area contributed by atoms with E-state index in [4.69, 9.17) is 4.74 Å². The number of allylic oxidation sites excluding steroid dienone is 9. The zero-order valence-electron chi connectivity index (χ0n) is 50.7. The van der Waals surface area contributed by atoms with Gasteiger partial charge in [-0.15, -0.1) is 0 Å². The number of hydrogen-bond donors (Lipinski definition) is 3. The average Bonchev–Trinajstić information content (AvgIpc) is 3.42. The van der Waals surface area contributed by atoms with Crippen molar-refractivity contribution >= 4 is 11.9 Å². The van der Waals surface area contributed by atoms with Crippen LogP contribution in [0.2, 0.25) is 0 Å². The number of ether oxygens (including phenoxy) is 1. The highest BCUT2D eigenvalue weighted by Gasteiger charge is 2.18. The highest BCUT2D eigenvalue weighted by Crippen LogP contribution is 2.17. The van der Waals surface area contributed by atoms with Gasteiger partial charge in [-0.05, 0) is 96.3 Å². The molecule has 0 saturated heterocycles. The van der Waals surface area contributed by atoms with E-state index in [1.54, 1.807) is 6.08 Å². The van der Waals surface area contributed by atoms with Gasteiger partial charge < -0.3 is 20.3 Å². The number of aliphatic hydroxyl groups excluding tert-OH is 2. The Balaban J connectivity index is 3.42. The first-order valence-electron chi connectivity index (χ1n) is 33.6. The Bertz CT molecular complexity index is 1320. The van der Waals surface area contributed by atoms with Gasteiger partial charge in [-0.3, -0.25) is 9.59 Å². The number of hydrogen-bond acceptors (Lipinski definition) is 5. The van der Waals surface area contributed by atoms with Gasteiger partial charge in [0.1, 0.15) is 0 Å². The molecule has 0 aliphatic heterocycles. The maximum Gasteiger partial charge on any atom is 0.305 e. The van der Waals surface area contributed by atoms with Crippen LogP contribution in [0.4, 0.5) is 0 Å². The SMILES string of the molecule is CCCCC/C=C\C/C=C\CCCCCCCCCCCC(=O)OCCCCCCCCCCC/C=C\C/C=C\CCCCCCCCCCCCCC(=O)NC(CO)C(O)/C=C/CCCCCCCCCCCCC. The first kappa shape index (κ1) is 73.6. The lowest BCUT2D eigenvalue weighted by Crippen LogP contribution is -2.45. The molecule has 0 bridgehead atoms. The molecule has 0 heterocycles. The van der Waals surface area contributed by atoms with Crippen LogP contribution in [0.15, 0.2) is 60.8 Å². The summed E-state index contributed by atoms with van der Waals surface area (Å²) in [5.74, 6) is -0.0652. The summed E-state index contributed by atoms with van der Waals surface area (Å²) in [6.45, 7) is 4.88. The molecule has 0 aliphatic rings. The molecule has 6 heteroatoms. The highest BCUT2D eigenvalue weighted by atomic mass is 16.5. The van der Waals surface area contributed by atoms with E-state index in [0.29, 0.717) is 19.4 Å². The predicted molar refractivity (Wildman–Crippen MR) is 333 cm³/mol. The summed E-state index contributed by atoms with van der Waals surface area (Å²) >= 11 is 0. The number of nitrogens with one attached hydrogen (secondary N) is 1. The molecule has 3 N–H and O–H groups in total. The molecular formula is C70H129NO5. The Morgan fingerprint density at radius 1 is 0.368 bits per heavy atom. The van der Waals surface area contributed by atoms with Crippen LogP contribution in [-0.4, -0.2) is 47.4 Å². The smallest absolute Gasteiger partial charge is 0.305 e. The second-order valence-electron chi connectivity index (χ2n) is 22.8. The van der Waals surface area contributed by atoms with Gasteiger partial charge in [-0.1, -0.05) is 299 Å². The predicted octanol–water partition coefficient (Wildman–Crippen LogP) is 21.5. The normalized spacial score (nSPS) is 12.9. The Labute approximate surface area is 473 Å². The fourth-order valence-corrected chi connectivity index (χ4v) is 10.1. The zero-order valence-corrected chi connectivity index (χ0v) is 50.7. The molecule has 0 saturated carbocycles. The fraction of sp³-hybridized carbons (Fsp3) is 0.829. The molecule has 2 atom stereocenters. The van der Waals surface area contributed by atoms with E-state index in [-0.39, 0.29) is 18.5 Å². The summed E-state index contributed by atoms with van der Waals surface area (Å²) in [5.41, 5.74) is 0. The maximum atomic E-state index is 12.5. The Kier molecular flexibility index (Phi) is 63.0. The van der Waals surface area contributed by atoms with E-state index in [2.05, 4.69) is 67.8 Å². The van der Waals surface area contributed by atoms with Crippen LogP contribution in [0.5, 0.6) is 0 Å². The van der Waals surface area contributed by atoms with Crippen molar-refractivity contribution in [3.8, 4) is 0 Å². The van der Waals surface area contributed by atoms with Crippen LogP contribution < -0.4 is 5.32 Å². The van der Waals surface area contributed by atoms with E-state index in [9.17, 15) is 19.8 Å². The number of amides is 1. The third-order valence-corrected chi connectivity index (χ3v) is 15.3. The van der Waals surface area contributed by atoms with Crippen LogP contribution in [-0.2, 0) is 14.3 Å². The summed E-state index contributed by atoms with van der Waals surface area (Å²) in [5, 5.41) is 23.1. The summed E-state index contributed by atoms with van der Waals surface area (Å²) in [7, 11) is 0. The first-order valence-corrected chi connectivity index (χ1v) is 33.6. The summed E-state index contributed by atoms with van der Waals surface area (Å²) < 4.78 is 5.50. The second-order valence-corrected chi connectivity index (χ2v) is 22.8. The standard InChI is InChI=1S/C70H129NO5/c1-3-5-7-9-11-13-15-17-18-19-29-33-36-40-44-48-52-56-60-64-70(75)76-65-61-57-53-49-45-41-37-34-31-28-26-24-22-20-21-23-25-27-30-32-35-39-43-47-51-55-59-63-69(74)71-67(66-72)68(73)62-58-54-50-46-42-38-16-14-12-10-8-6-4-2/h11,13,17-18,20-21,24,26,58,62,67-68,72-73H,3-10,12,14-16,19,22-23,25,27-57,59-61,63-66H2,1-2H3,(H,71,74)/b13-11-,18-17-,21-20-,26-24-,62-58+. The lowest BCUT2D eigenvalue weighted by molar-refractivity contribution is -0.143. The summed E-state index contributed by atoms with van der Waals surface area (Å²) in [6, 6.07) is -0.631.